The van der Waals surface area contributed by atoms with E-state index in [-0.39, 0.29) is 11.3 Å². The smallest absolute Gasteiger partial charge is 0.337 e. The van der Waals surface area contributed by atoms with Crippen molar-refractivity contribution in [1.29, 1.82) is 0 Å². The van der Waals surface area contributed by atoms with Crippen LogP contribution >= 0.6 is 0 Å². The van der Waals surface area contributed by atoms with Crippen LogP contribution in [0.15, 0.2) is 12.1 Å². The Kier molecular flexibility index (Phi) is 3.12. The third-order valence-electron chi connectivity index (χ3n) is 1.86. The van der Waals surface area contributed by atoms with E-state index in [1.54, 1.807) is 7.85 Å². The van der Waals surface area contributed by atoms with E-state index in [1.165, 1.54) is 26.4 Å². The van der Waals surface area contributed by atoms with Crippen molar-refractivity contribution in [2.45, 2.75) is 0 Å². The van der Waals surface area contributed by atoms with E-state index < -0.39 is 11.8 Å². The molecule has 0 spiro atoms. The highest BCUT2D eigenvalue weighted by atomic mass is 19.1. The molecule has 0 aromatic heterocycles. The molecule has 0 bridgehead atoms. The molecular weight excluding hydrogens is 186 g/mol. The molecule has 0 atom stereocenters. The van der Waals surface area contributed by atoms with Gasteiger partial charge in [-0.1, -0.05) is 6.07 Å². The first kappa shape index (κ1) is 10.6. The normalized spacial score (nSPS) is 9.64. The van der Waals surface area contributed by atoms with Gasteiger partial charge in [-0.3, -0.25) is 0 Å². The summed E-state index contributed by atoms with van der Waals surface area (Å²) in [5.74, 6) is -0.919. The van der Waals surface area contributed by atoms with Crippen molar-refractivity contribution >= 4 is 19.3 Å². The highest BCUT2D eigenvalue weighted by Crippen LogP contribution is 2.16. The molecule has 14 heavy (non-hydrogen) atoms. The lowest BCUT2D eigenvalue weighted by Gasteiger charge is -2.07. The summed E-state index contributed by atoms with van der Waals surface area (Å²) in [6.07, 6.45) is 0. The molecule has 0 fully saturated rings. The maximum absolute atomic E-state index is 13.3. The summed E-state index contributed by atoms with van der Waals surface area (Å²) in [4.78, 5) is 11.1. The number of carbonyl (C=O) groups excluding carboxylic acids is 1. The number of methoxy groups -OCH3 is 2. The molecule has 0 radical (unpaired) electrons. The van der Waals surface area contributed by atoms with Crippen LogP contribution in [-0.2, 0) is 4.74 Å². The third kappa shape index (κ3) is 1.87. The Bertz CT molecular complexity index is 365. The molecule has 3 nitrogen and oxygen atoms in total. The predicted molar refractivity (Wildman–Crippen MR) is 52.5 cm³/mol. The van der Waals surface area contributed by atoms with Crippen molar-refractivity contribution in [3.63, 3.8) is 0 Å². The molecule has 0 N–H and O–H groups in total. The van der Waals surface area contributed by atoms with Gasteiger partial charge >= 0.3 is 5.97 Å². The molecule has 0 unspecified atom stereocenters. The number of esters is 1. The van der Waals surface area contributed by atoms with Crippen molar-refractivity contribution < 1.29 is 18.7 Å². The molecular formula is C9H10BFO3. The summed E-state index contributed by atoms with van der Waals surface area (Å²) in [5, 5.41) is 0. The zero-order valence-corrected chi connectivity index (χ0v) is 8.26. The van der Waals surface area contributed by atoms with Gasteiger partial charge < -0.3 is 9.47 Å². The minimum absolute atomic E-state index is 0.0467. The molecule has 0 saturated heterocycles. The Morgan fingerprint density at radius 1 is 1.43 bits per heavy atom. The lowest BCUT2D eigenvalue weighted by molar-refractivity contribution is 0.0600. The van der Waals surface area contributed by atoms with Crippen LogP contribution in [0.2, 0.25) is 0 Å². The zero-order valence-electron chi connectivity index (χ0n) is 8.26. The Balaban J connectivity index is 3.22. The third-order valence-corrected chi connectivity index (χ3v) is 1.86. The lowest BCUT2D eigenvalue weighted by atomic mass is 9.93. The highest BCUT2D eigenvalue weighted by Gasteiger charge is 2.12. The first-order chi connectivity index (χ1) is 6.60. The van der Waals surface area contributed by atoms with E-state index in [4.69, 9.17) is 4.74 Å². The Morgan fingerprint density at radius 3 is 2.57 bits per heavy atom. The van der Waals surface area contributed by atoms with E-state index in [2.05, 4.69) is 4.74 Å². The number of halogens is 1. The molecule has 5 heteroatoms. The van der Waals surface area contributed by atoms with Gasteiger partial charge in [0.25, 0.3) is 0 Å². The topological polar surface area (TPSA) is 35.5 Å². The lowest BCUT2D eigenvalue weighted by Crippen LogP contribution is -2.14. The van der Waals surface area contributed by atoms with Gasteiger partial charge in [0.2, 0.25) is 0 Å². The molecule has 1 aromatic rings. The van der Waals surface area contributed by atoms with Crippen LogP contribution in [0.4, 0.5) is 4.39 Å². The molecule has 0 heterocycles. The van der Waals surface area contributed by atoms with E-state index in [1.807, 2.05) is 0 Å². The maximum Gasteiger partial charge on any atom is 0.337 e. The van der Waals surface area contributed by atoms with Crippen LogP contribution in [0, 0.1) is 5.82 Å². The average Bonchev–Trinajstić information content (AvgIpc) is 2.20. The van der Waals surface area contributed by atoms with Gasteiger partial charge in [0.15, 0.2) is 11.6 Å². The van der Waals surface area contributed by atoms with Crippen molar-refractivity contribution in [1.82, 2.24) is 0 Å². The van der Waals surface area contributed by atoms with Gasteiger partial charge in [-0.15, -0.1) is 0 Å². The van der Waals surface area contributed by atoms with E-state index >= 15 is 0 Å². The fraction of sp³-hybridized carbons (Fsp3) is 0.222. The van der Waals surface area contributed by atoms with Gasteiger partial charge in [0, 0.05) is 0 Å². The van der Waals surface area contributed by atoms with Crippen LogP contribution in [-0.4, -0.2) is 28.0 Å². The second-order valence-corrected chi connectivity index (χ2v) is 2.80. The fourth-order valence-corrected chi connectivity index (χ4v) is 1.12. The number of rotatable bonds is 2. The number of carbonyl (C=O) groups is 1. The van der Waals surface area contributed by atoms with Crippen LogP contribution < -0.4 is 10.2 Å². The van der Waals surface area contributed by atoms with Gasteiger partial charge in [0.05, 0.1) is 19.8 Å². The number of hydrogen-bond acceptors (Lipinski definition) is 3. The molecule has 74 valence electrons. The quantitative estimate of drug-likeness (QED) is 0.488. The van der Waals surface area contributed by atoms with Crippen LogP contribution in [0.5, 0.6) is 5.75 Å². The Hall–Kier alpha value is -1.52. The van der Waals surface area contributed by atoms with Crippen LogP contribution in [0.1, 0.15) is 10.4 Å². The fourth-order valence-electron chi connectivity index (χ4n) is 1.12. The highest BCUT2D eigenvalue weighted by molar-refractivity contribution is 6.33. The van der Waals surface area contributed by atoms with E-state index in [9.17, 15) is 9.18 Å². The molecule has 0 aliphatic rings. The first-order valence-electron chi connectivity index (χ1n) is 4.02. The number of hydrogen-bond donors (Lipinski definition) is 0. The number of benzene rings is 1. The molecule has 0 amide bonds. The maximum atomic E-state index is 13.3. The summed E-state index contributed by atoms with van der Waals surface area (Å²) < 4.78 is 22.6. The molecule has 1 aromatic carbocycles. The van der Waals surface area contributed by atoms with Gasteiger partial charge in [-0.25, -0.2) is 9.18 Å². The van der Waals surface area contributed by atoms with Crippen molar-refractivity contribution in [3.8, 4) is 5.75 Å². The predicted octanol–water partition coefficient (Wildman–Crippen LogP) is -0.121. The Labute approximate surface area is 82.2 Å². The Morgan fingerprint density at radius 2 is 2.07 bits per heavy atom. The van der Waals surface area contributed by atoms with E-state index in [0.29, 0.717) is 5.46 Å². The minimum atomic E-state index is -0.508. The standard InChI is InChI=1S/C9H10BFO3/c1-13-7-4-5(9(12)14-2)3-6(10)8(7)11/h3-4H,10H2,1-2H3. The monoisotopic (exact) mass is 196 g/mol. The van der Waals surface area contributed by atoms with Crippen LogP contribution in [0.3, 0.4) is 0 Å². The van der Waals surface area contributed by atoms with Gasteiger partial charge in [-0.05, 0) is 11.5 Å². The minimum Gasteiger partial charge on any atom is -0.494 e. The summed E-state index contributed by atoms with van der Waals surface area (Å²) in [5.41, 5.74) is 0.632. The molecule has 0 aliphatic heterocycles. The summed E-state index contributed by atoms with van der Waals surface area (Å²) in [6, 6.07) is 2.73. The zero-order chi connectivity index (χ0) is 10.7. The number of ether oxygens (including phenoxy) is 2. The largest absolute Gasteiger partial charge is 0.494 e. The summed E-state index contributed by atoms with van der Waals surface area (Å²) >= 11 is 0. The molecule has 1 rings (SSSR count). The van der Waals surface area contributed by atoms with Crippen molar-refractivity contribution in [3.05, 3.63) is 23.5 Å². The van der Waals surface area contributed by atoms with Crippen molar-refractivity contribution in [2.24, 2.45) is 0 Å². The summed E-state index contributed by atoms with van der Waals surface area (Å²) in [6.45, 7) is 0. The SMILES string of the molecule is Bc1cc(C(=O)OC)cc(OC)c1F. The first-order valence-corrected chi connectivity index (χ1v) is 4.02. The van der Waals surface area contributed by atoms with Gasteiger partial charge in [0.1, 0.15) is 7.85 Å². The molecule has 0 aliphatic carbocycles. The van der Waals surface area contributed by atoms with Crippen molar-refractivity contribution in [2.75, 3.05) is 14.2 Å². The second kappa shape index (κ2) is 4.13. The second-order valence-electron chi connectivity index (χ2n) is 2.80. The van der Waals surface area contributed by atoms with Crippen LogP contribution in [0.25, 0.3) is 0 Å². The average molecular weight is 196 g/mol. The van der Waals surface area contributed by atoms with E-state index in [0.717, 1.165) is 0 Å². The van der Waals surface area contributed by atoms with Gasteiger partial charge in [-0.2, -0.15) is 0 Å². The summed E-state index contributed by atoms with van der Waals surface area (Å²) in [7, 11) is 4.18. The molecule has 0 saturated carbocycles.